The maximum Gasteiger partial charge on any atom is 0.216 e. The molecule has 0 spiro atoms. The van der Waals surface area contributed by atoms with Gasteiger partial charge in [-0.05, 0) is 47.5 Å². The van der Waals surface area contributed by atoms with Crippen molar-refractivity contribution in [1.82, 2.24) is 24.7 Å². The molecule has 0 bridgehead atoms. The van der Waals surface area contributed by atoms with Gasteiger partial charge in [-0.15, -0.1) is 27.8 Å². The summed E-state index contributed by atoms with van der Waals surface area (Å²) in [5.74, 6) is 0.796. The zero-order valence-electron chi connectivity index (χ0n) is 14.8. The van der Waals surface area contributed by atoms with E-state index in [0.29, 0.717) is 10.2 Å². The van der Waals surface area contributed by atoms with Gasteiger partial charge in [0.15, 0.2) is 10.2 Å². The molecule has 9 heteroatoms. The van der Waals surface area contributed by atoms with Crippen LogP contribution < -0.4 is 0 Å². The number of benzene rings is 1. The Balaban J connectivity index is 1.47. The predicted molar refractivity (Wildman–Crippen MR) is 119 cm³/mol. The average molecular weight is 454 g/mol. The largest absolute Gasteiger partial charge is 0.262 e. The predicted octanol–water partition coefficient (Wildman–Crippen LogP) is 6.32. The van der Waals surface area contributed by atoms with Gasteiger partial charge in [0.05, 0.1) is 22.5 Å². The van der Waals surface area contributed by atoms with Crippen molar-refractivity contribution in [1.29, 1.82) is 0 Å². The molecule has 0 fully saturated rings. The van der Waals surface area contributed by atoms with Gasteiger partial charge in [-0.1, -0.05) is 29.8 Å². The van der Waals surface area contributed by atoms with Gasteiger partial charge in [0.1, 0.15) is 0 Å². The highest BCUT2D eigenvalue weighted by molar-refractivity contribution is 8.00. The van der Waals surface area contributed by atoms with Gasteiger partial charge in [0.25, 0.3) is 0 Å². The summed E-state index contributed by atoms with van der Waals surface area (Å²) in [6.45, 7) is 0. The summed E-state index contributed by atoms with van der Waals surface area (Å²) in [5, 5.41) is 10.1. The maximum atomic E-state index is 5.98. The van der Waals surface area contributed by atoms with E-state index in [1.54, 1.807) is 35.1 Å². The van der Waals surface area contributed by atoms with Crippen molar-refractivity contribution < 1.29 is 0 Å². The van der Waals surface area contributed by atoms with Crippen molar-refractivity contribution in [3.8, 4) is 27.6 Å². The lowest BCUT2D eigenvalue weighted by atomic mass is 10.2. The first-order valence-electron chi connectivity index (χ1n) is 8.57. The van der Waals surface area contributed by atoms with Crippen molar-refractivity contribution in [2.75, 3.05) is 0 Å². The van der Waals surface area contributed by atoms with Crippen molar-refractivity contribution in [2.45, 2.75) is 9.50 Å². The molecule has 0 aliphatic rings. The second-order valence-corrected chi connectivity index (χ2v) is 9.38. The summed E-state index contributed by atoms with van der Waals surface area (Å²) in [7, 11) is 0. The van der Waals surface area contributed by atoms with Gasteiger partial charge in [0, 0.05) is 22.2 Å². The Morgan fingerprint density at radius 3 is 2.62 bits per heavy atom. The molecule has 0 saturated heterocycles. The van der Waals surface area contributed by atoms with Crippen LogP contribution in [0.2, 0.25) is 5.02 Å². The minimum absolute atomic E-state index is 0.647. The zero-order valence-corrected chi connectivity index (χ0v) is 18.0. The molecule has 0 saturated carbocycles. The third kappa shape index (κ3) is 3.97. The molecule has 0 amide bonds. The third-order valence-electron chi connectivity index (χ3n) is 4.02. The molecule has 1 aromatic carbocycles. The van der Waals surface area contributed by atoms with Crippen LogP contribution in [0.5, 0.6) is 0 Å². The van der Waals surface area contributed by atoms with E-state index in [1.165, 1.54) is 11.8 Å². The fraction of sp³-hybridized carbons (Fsp3) is 0. The highest BCUT2D eigenvalue weighted by Gasteiger charge is 2.17. The molecule has 4 heterocycles. The van der Waals surface area contributed by atoms with E-state index in [9.17, 15) is 0 Å². The lowest BCUT2D eigenvalue weighted by molar-refractivity contribution is 0.835. The van der Waals surface area contributed by atoms with Gasteiger partial charge in [-0.25, -0.2) is 9.67 Å². The number of pyridine rings is 1. The normalized spacial score (nSPS) is 11.1. The van der Waals surface area contributed by atoms with E-state index < -0.39 is 0 Å². The summed E-state index contributed by atoms with van der Waals surface area (Å²) in [4.78, 5) is 14.7. The molecule has 0 atom stereocenters. The quantitative estimate of drug-likeness (QED) is 0.311. The number of thiophene rings is 1. The van der Waals surface area contributed by atoms with E-state index >= 15 is 0 Å². The number of nitrogens with zero attached hydrogens (tertiary/aromatic N) is 5. The minimum Gasteiger partial charge on any atom is -0.262 e. The second kappa shape index (κ2) is 8.08. The first-order chi connectivity index (χ1) is 14.3. The summed E-state index contributed by atoms with van der Waals surface area (Å²) < 4.78 is 2.71. The molecule has 0 N–H and O–H groups in total. The van der Waals surface area contributed by atoms with Crippen molar-refractivity contribution >= 4 is 46.0 Å². The molecule has 5 rings (SSSR count). The van der Waals surface area contributed by atoms with Crippen LogP contribution in [0.3, 0.4) is 0 Å². The Kier molecular flexibility index (Phi) is 5.15. The van der Waals surface area contributed by atoms with E-state index in [-0.39, 0.29) is 0 Å². The number of halogens is 1. The number of aromatic nitrogens is 5. The van der Waals surface area contributed by atoms with Crippen LogP contribution in [0.1, 0.15) is 0 Å². The molecular weight excluding hydrogens is 442 g/mol. The number of hydrogen-bond acceptors (Lipinski definition) is 7. The van der Waals surface area contributed by atoms with Gasteiger partial charge < -0.3 is 0 Å². The van der Waals surface area contributed by atoms with Gasteiger partial charge in [-0.3, -0.25) is 4.98 Å². The van der Waals surface area contributed by atoms with Crippen LogP contribution in [0.25, 0.3) is 27.6 Å². The average Bonchev–Trinajstić information content (AvgIpc) is 3.50. The summed E-state index contributed by atoms with van der Waals surface area (Å²) in [6.07, 6.45) is 3.52. The zero-order chi connectivity index (χ0) is 19.6. The minimum atomic E-state index is 0.647. The van der Waals surface area contributed by atoms with E-state index in [0.717, 1.165) is 32.0 Å². The van der Waals surface area contributed by atoms with Gasteiger partial charge in [-0.2, -0.15) is 4.98 Å². The SMILES string of the molecule is Clc1ccc(-c2csc(Sc3nc(-c4cccs4)n(-c4cccnc4)n3)n2)cc1. The van der Waals surface area contributed by atoms with Crippen molar-refractivity contribution in [3.05, 3.63) is 76.7 Å². The Morgan fingerprint density at radius 1 is 0.966 bits per heavy atom. The van der Waals surface area contributed by atoms with Crippen LogP contribution in [0.15, 0.2) is 81.2 Å². The topological polar surface area (TPSA) is 56.5 Å². The molecule has 142 valence electrons. The summed E-state index contributed by atoms with van der Waals surface area (Å²) >= 11 is 10.6. The van der Waals surface area contributed by atoms with Crippen LogP contribution >= 0.6 is 46.0 Å². The van der Waals surface area contributed by atoms with Crippen LogP contribution in [0.4, 0.5) is 0 Å². The van der Waals surface area contributed by atoms with Crippen LogP contribution in [-0.2, 0) is 0 Å². The fourth-order valence-electron chi connectivity index (χ4n) is 2.70. The van der Waals surface area contributed by atoms with Crippen molar-refractivity contribution in [3.63, 3.8) is 0 Å². The fourth-order valence-corrected chi connectivity index (χ4v) is 5.19. The Bertz CT molecular complexity index is 1230. The molecule has 4 aromatic heterocycles. The highest BCUT2D eigenvalue weighted by Crippen LogP contribution is 2.34. The molecule has 0 unspecified atom stereocenters. The monoisotopic (exact) mass is 453 g/mol. The molecule has 0 radical (unpaired) electrons. The summed E-state index contributed by atoms with van der Waals surface area (Å²) in [5.41, 5.74) is 2.82. The van der Waals surface area contributed by atoms with Crippen LogP contribution in [-0.4, -0.2) is 24.7 Å². The highest BCUT2D eigenvalue weighted by atomic mass is 35.5. The molecule has 29 heavy (non-hydrogen) atoms. The van der Waals surface area contributed by atoms with Crippen LogP contribution in [0, 0.1) is 0 Å². The van der Waals surface area contributed by atoms with Gasteiger partial charge in [0.2, 0.25) is 5.16 Å². The third-order valence-corrected chi connectivity index (χ3v) is 6.93. The van der Waals surface area contributed by atoms with E-state index in [4.69, 9.17) is 26.7 Å². The number of hydrogen-bond donors (Lipinski definition) is 0. The van der Waals surface area contributed by atoms with Gasteiger partial charge >= 0.3 is 0 Å². The number of thiazole rings is 1. The standard InChI is InChI=1S/C20H12ClN5S3/c21-14-7-5-13(6-8-14)16-12-28-20(23-16)29-19-24-18(17-4-2-10-27-17)26(25-19)15-3-1-9-22-11-15/h1-12H. The first-order valence-corrected chi connectivity index (χ1v) is 11.5. The Labute approximate surface area is 184 Å². The molecule has 0 aliphatic heterocycles. The summed E-state index contributed by atoms with van der Waals surface area (Å²) in [6, 6.07) is 15.6. The Hall–Kier alpha value is -2.52. The second-order valence-electron chi connectivity index (χ2n) is 5.93. The number of rotatable bonds is 5. The lowest BCUT2D eigenvalue weighted by Gasteiger charge is -2.02. The van der Waals surface area contributed by atoms with E-state index in [2.05, 4.69) is 4.98 Å². The first kappa shape index (κ1) is 18.5. The molecule has 0 aliphatic carbocycles. The maximum absolute atomic E-state index is 5.98. The Morgan fingerprint density at radius 2 is 1.86 bits per heavy atom. The van der Waals surface area contributed by atoms with Crippen molar-refractivity contribution in [2.24, 2.45) is 0 Å². The molecular formula is C20H12ClN5S3. The smallest absolute Gasteiger partial charge is 0.216 e. The lowest BCUT2D eigenvalue weighted by Crippen LogP contribution is -1.99. The molecule has 5 nitrogen and oxygen atoms in total. The molecule has 5 aromatic rings. The van der Waals surface area contributed by atoms with E-state index in [1.807, 2.05) is 64.0 Å².